The van der Waals surface area contributed by atoms with Crippen molar-refractivity contribution < 1.29 is 14.0 Å². The first-order valence-corrected chi connectivity index (χ1v) is 9.66. The number of allylic oxidation sites excluding steroid dienone is 6. The maximum Gasteiger partial charge on any atom is 0.223 e. The summed E-state index contributed by atoms with van der Waals surface area (Å²) >= 11 is 0. The van der Waals surface area contributed by atoms with Gasteiger partial charge in [-0.05, 0) is 38.3 Å². The third-order valence-corrected chi connectivity index (χ3v) is 4.17. The molecule has 156 valence electrons. The molecule has 0 aromatic rings. The molecule has 0 aliphatic heterocycles. The number of hydrogen-bond acceptors (Lipinski definition) is 3. The Labute approximate surface area is 168 Å². The SMILES string of the molecule is C=C/C=C(/CN(C=O)C(C)NC1=C(C)C=C(NC(=O)CC)CC1)C(=C)F.CC. The number of carbonyl (C=O) groups excluding carboxylic acids is 2. The van der Waals surface area contributed by atoms with E-state index in [0.29, 0.717) is 24.8 Å². The lowest BCUT2D eigenvalue weighted by atomic mass is 10.0. The highest BCUT2D eigenvalue weighted by Gasteiger charge is 2.18. The molecule has 5 nitrogen and oxygen atoms in total. The standard InChI is InChI=1S/C20H28FN3O2.C2H6/c1-6-8-17(15(4)21)12-24(13-25)16(5)22-19-10-9-18(11-14(19)3)23-20(26)7-2;1-2/h6,8,11,13,16,22H,1,4,7,9-10,12H2,2-3,5H3,(H,23,26);1-2H3/b17-8-;. The maximum absolute atomic E-state index is 13.5. The zero-order valence-corrected chi connectivity index (χ0v) is 17.8. The van der Waals surface area contributed by atoms with Crippen LogP contribution in [0.3, 0.4) is 0 Å². The van der Waals surface area contributed by atoms with E-state index in [9.17, 15) is 14.0 Å². The predicted octanol–water partition coefficient (Wildman–Crippen LogP) is 4.48. The Hall–Kier alpha value is -2.63. The summed E-state index contributed by atoms with van der Waals surface area (Å²) in [7, 11) is 0. The second kappa shape index (κ2) is 13.5. The van der Waals surface area contributed by atoms with Gasteiger partial charge >= 0.3 is 0 Å². The summed E-state index contributed by atoms with van der Waals surface area (Å²) in [4.78, 5) is 24.4. The second-order valence-corrected chi connectivity index (χ2v) is 6.16. The van der Waals surface area contributed by atoms with Crippen LogP contribution in [0.25, 0.3) is 0 Å². The summed E-state index contributed by atoms with van der Waals surface area (Å²) in [5.74, 6) is -0.592. The molecule has 0 bridgehead atoms. The van der Waals surface area contributed by atoms with Gasteiger partial charge in [0.25, 0.3) is 0 Å². The van der Waals surface area contributed by atoms with E-state index in [2.05, 4.69) is 23.8 Å². The molecule has 1 aliphatic carbocycles. The van der Waals surface area contributed by atoms with Crippen LogP contribution in [-0.4, -0.2) is 29.9 Å². The average molecular weight is 392 g/mol. The second-order valence-electron chi connectivity index (χ2n) is 6.16. The van der Waals surface area contributed by atoms with Crippen molar-refractivity contribution in [3.8, 4) is 0 Å². The van der Waals surface area contributed by atoms with E-state index in [1.165, 1.54) is 17.1 Å². The molecule has 1 rings (SSSR count). The van der Waals surface area contributed by atoms with Gasteiger partial charge < -0.3 is 15.5 Å². The molecule has 1 unspecified atom stereocenters. The summed E-state index contributed by atoms with van der Waals surface area (Å²) < 4.78 is 13.5. The van der Waals surface area contributed by atoms with Crippen LogP contribution >= 0.6 is 0 Å². The average Bonchev–Trinajstić information content (AvgIpc) is 2.68. The molecule has 0 aromatic heterocycles. The number of nitrogens with zero attached hydrogens (tertiary/aromatic N) is 1. The lowest BCUT2D eigenvalue weighted by Crippen LogP contribution is -2.44. The van der Waals surface area contributed by atoms with Gasteiger partial charge in [-0.2, -0.15) is 0 Å². The Morgan fingerprint density at radius 2 is 2.04 bits per heavy atom. The first-order chi connectivity index (χ1) is 13.3. The van der Waals surface area contributed by atoms with Crippen molar-refractivity contribution in [3.05, 3.63) is 59.8 Å². The molecule has 0 saturated heterocycles. The van der Waals surface area contributed by atoms with Crippen molar-refractivity contribution in [1.29, 1.82) is 0 Å². The molecule has 0 saturated carbocycles. The number of amides is 2. The molecular formula is C22H34FN3O2. The molecule has 0 fully saturated rings. The predicted molar refractivity (Wildman–Crippen MR) is 114 cm³/mol. The van der Waals surface area contributed by atoms with Gasteiger partial charge in [0.05, 0.1) is 12.7 Å². The lowest BCUT2D eigenvalue weighted by Gasteiger charge is -2.30. The Kier molecular flexibility index (Phi) is 12.3. The Balaban J connectivity index is 0.00000352. The minimum Gasteiger partial charge on any atom is -0.368 e. The Bertz CT molecular complexity index is 663. The number of carbonyl (C=O) groups is 2. The fourth-order valence-corrected chi connectivity index (χ4v) is 2.60. The van der Waals surface area contributed by atoms with Crippen LogP contribution in [0.2, 0.25) is 0 Å². The molecule has 0 aromatic carbocycles. The minimum atomic E-state index is -0.587. The maximum atomic E-state index is 13.5. The summed E-state index contributed by atoms with van der Waals surface area (Å²) in [6, 6.07) is 0. The first kappa shape index (κ1) is 25.4. The fourth-order valence-electron chi connectivity index (χ4n) is 2.60. The minimum absolute atomic E-state index is 0.00561. The highest BCUT2D eigenvalue weighted by molar-refractivity contribution is 5.77. The first-order valence-electron chi connectivity index (χ1n) is 9.66. The van der Waals surface area contributed by atoms with Gasteiger partial charge in [0, 0.05) is 23.4 Å². The van der Waals surface area contributed by atoms with Gasteiger partial charge in [0.1, 0.15) is 5.83 Å². The van der Waals surface area contributed by atoms with E-state index in [0.717, 1.165) is 23.4 Å². The summed E-state index contributed by atoms with van der Waals surface area (Å²) in [6.07, 6.45) is 7.13. The highest BCUT2D eigenvalue weighted by Crippen LogP contribution is 2.22. The number of halogens is 1. The molecule has 0 radical (unpaired) electrons. The molecule has 1 atom stereocenters. The van der Waals surface area contributed by atoms with E-state index in [4.69, 9.17) is 0 Å². The van der Waals surface area contributed by atoms with Crippen LogP contribution in [-0.2, 0) is 9.59 Å². The van der Waals surface area contributed by atoms with Crippen LogP contribution in [0.15, 0.2) is 59.8 Å². The zero-order chi connectivity index (χ0) is 21.7. The van der Waals surface area contributed by atoms with Gasteiger partial charge in [-0.1, -0.05) is 46.1 Å². The Morgan fingerprint density at radius 1 is 1.39 bits per heavy atom. The summed E-state index contributed by atoms with van der Waals surface area (Å²) in [5, 5.41) is 6.19. The van der Waals surface area contributed by atoms with E-state index in [1.807, 2.05) is 40.7 Å². The van der Waals surface area contributed by atoms with Crippen LogP contribution in [0.1, 0.15) is 53.9 Å². The molecule has 6 heteroatoms. The monoisotopic (exact) mass is 391 g/mol. The van der Waals surface area contributed by atoms with Crippen LogP contribution in [0.4, 0.5) is 4.39 Å². The Morgan fingerprint density at radius 3 is 2.50 bits per heavy atom. The van der Waals surface area contributed by atoms with Crippen molar-refractivity contribution in [2.45, 2.75) is 60.0 Å². The van der Waals surface area contributed by atoms with Crippen LogP contribution in [0, 0.1) is 0 Å². The molecule has 1 aliphatic rings. The smallest absolute Gasteiger partial charge is 0.223 e. The summed E-state index contributed by atoms with van der Waals surface area (Å²) in [5.41, 5.74) is 3.19. The zero-order valence-electron chi connectivity index (χ0n) is 17.8. The molecule has 0 spiro atoms. The van der Waals surface area contributed by atoms with Crippen LogP contribution in [0.5, 0.6) is 0 Å². The lowest BCUT2D eigenvalue weighted by molar-refractivity contribution is -0.120. The van der Waals surface area contributed by atoms with Gasteiger partial charge in [-0.3, -0.25) is 9.59 Å². The number of hydrogen-bond donors (Lipinski definition) is 2. The van der Waals surface area contributed by atoms with Crippen molar-refractivity contribution in [2.24, 2.45) is 0 Å². The largest absolute Gasteiger partial charge is 0.368 e. The normalized spacial score (nSPS) is 14.8. The van der Waals surface area contributed by atoms with Gasteiger partial charge in [-0.15, -0.1) is 0 Å². The van der Waals surface area contributed by atoms with Crippen LogP contribution < -0.4 is 10.6 Å². The van der Waals surface area contributed by atoms with Gasteiger partial charge in [-0.25, -0.2) is 4.39 Å². The number of nitrogens with one attached hydrogen (secondary N) is 2. The molecule has 2 N–H and O–H groups in total. The molecule has 28 heavy (non-hydrogen) atoms. The summed E-state index contributed by atoms with van der Waals surface area (Å²) in [6.45, 7) is 16.5. The topological polar surface area (TPSA) is 61.4 Å². The van der Waals surface area contributed by atoms with Crippen molar-refractivity contribution in [3.63, 3.8) is 0 Å². The van der Waals surface area contributed by atoms with E-state index in [-0.39, 0.29) is 18.6 Å². The van der Waals surface area contributed by atoms with Gasteiger partial charge in [0.15, 0.2) is 0 Å². The van der Waals surface area contributed by atoms with Crippen molar-refractivity contribution in [1.82, 2.24) is 15.5 Å². The van der Waals surface area contributed by atoms with Gasteiger partial charge in [0.2, 0.25) is 12.3 Å². The highest BCUT2D eigenvalue weighted by atomic mass is 19.1. The van der Waals surface area contributed by atoms with Crippen molar-refractivity contribution in [2.75, 3.05) is 6.54 Å². The van der Waals surface area contributed by atoms with E-state index >= 15 is 0 Å². The number of rotatable bonds is 10. The van der Waals surface area contributed by atoms with E-state index in [1.54, 1.807) is 0 Å². The third kappa shape index (κ3) is 8.37. The third-order valence-electron chi connectivity index (χ3n) is 4.17. The molecule has 2 amide bonds. The molecular weight excluding hydrogens is 357 g/mol. The molecule has 0 heterocycles. The fraction of sp³-hybridized carbons (Fsp3) is 0.455. The van der Waals surface area contributed by atoms with E-state index < -0.39 is 5.83 Å². The van der Waals surface area contributed by atoms with Crippen molar-refractivity contribution >= 4 is 12.3 Å². The quantitative estimate of drug-likeness (QED) is 0.328.